The van der Waals surface area contributed by atoms with Crippen molar-refractivity contribution >= 4 is 34.5 Å². The maximum absolute atomic E-state index is 8.67. The minimum absolute atomic E-state index is 0.0972. The van der Waals surface area contributed by atoms with Crippen LogP contribution in [-0.2, 0) is 9.31 Å². The highest BCUT2D eigenvalue weighted by molar-refractivity contribution is 6.66. The second-order valence-corrected chi connectivity index (χ2v) is 9.68. The SMILES string of the molecule is [2H]c1c([2H])c([2H])c(-c2cc(-c3ccccc3)cc3c2oc2cccc(B4OC(C)(C)C(C)(C)O4)c23)c([2H])c1[2H]. The van der Waals surface area contributed by atoms with Crippen molar-refractivity contribution in [2.45, 2.75) is 38.9 Å². The van der Waals surface area contributed by atoms with Crippen molar-refractivity contribution in [1.82, 2.24) is 0 Å². The van der Waals surface area contributed by atoms with E-state index in [2.05, 4.69) is 0 Å². The summed E-state index contributed by atoms with van der Waals surface area (Å²) in [5, 5.41) is 1.55. The number of fused-ring (bicyclic) bond motifs is 3. The Morgan fingerprint density at radius 2 is 1.44 bits per heavy atom. The third kappa shape index (κ3) is 3.29. The highest BCUT2D eigenvalue weighted by atomic mass is 16.7. The van der Waals surface area contributed by atoms with Gasteiger partial charge in [-0.2, -0.15) is 0 Å². The molecule has 34 heavy (non-hydrogen) atoms. The van der Waals surface area contributed by atoms with E-state index in [0.29, 0.717) is 16.7 Å². The van der Waals surface area contributed by atoms with Gasteiger partial charge in [0.1, 0.15) is 11.2 Å². The summed E-state index contributed by atoms with van der Waals surface area (Å²) in [7, 11) is -0.635. The zero-order valence-corrected chi connectivity index (χ0v) is 19.6. The summed E-state index contributed by atoms with van der Waals surface area (Å²) in [6.45, 7) is 8.02. The Kier molecular flexibility index (Phi) is 3.64. The third-order valence-electron chi connectivity index (χ3n) is 7.01. The molecule has 0 spiro atoms. The molecule has 1 saturated heterocycles. The van der Waals surface area contributed by atoms with Gasteiger partial charge in [0.15, 0.2) is 0 Å². The molecule has 4 heteroatoms. The molecule has 0 saturated carbocycles. The van der Waals surface area contributed by atoms with Crippen molar-refractivity contribution in [3.8, 4) is 22.3 Å². The number of furan rings is 1. The quantitative estimate of drug-likeness (QED) is 0.272. The molecule has 0 amide bonds. The summed E-state index contributed by atoms with van der Waals surface area (Å²) in [5.41, 5.74) is 3.05. The molecular weight excluding hydrogens is 419 g/mol. The average Bonchev–Trinajstić information content (AvgIpc) is 3.39. The van der Waals surface area contributed by atoms with Gasteiger partial charge >= 0.3 is 7.12 Å². The minimum atomic E-state index is -0.635. The van der Waals surface area contributed by atoms with Crippen LogP contribution in [0.2, 0.25) is 0 Å². The summed E-state index contributed by atoms with van der Waals surface area (Å²) >= 11 is 0. The molecule has 1 fully saturated rings. The van der Waals surface area contributed by atoms with Gasteiger partial charge in [0.25, 0.3) is 0 Å². The van der Waals surface area contributed by atoms with Gasteiger partial charge in [0.05, 0.1) is 18.1 Å². The van der Waals surface area contributed by atoms with Gasteiger partial charge in [0.2, 0.25) is 0 Å². The second-order valence-electron chi connectivity index (χ2n) is 9.68. The Morgan fingerprint density at radius 1 is 0.735 bits per heavy atom. The molecular formula is C30H27BO3. The topological polar surface area (TPSA) is 31.6 Å². The molecule has 0 bridgehead atoms. The van der Waals surface area contributed by atoms with Crippen LogP contribution in [-0.4, -0.2) is 18.3 Å². The summed E-state index contributed by atoms with van der Waals surface area (Å²) < 4.78 is 61.1. The zero-order valence-electron chi connectivity index (χ0n) is 24.6. The van der Waals surface area contributed by atoms with Gasteiger partial charge in [-0.1, -0.05) is 72.7 Å². The van der Waals surface area contributed by atoms with E-state index in [1.54, 1.807) is 0 Å². The van der Waals surface area contributed by atoms with Crippen molar-refractivity contribution in [2.24, 2.45) is 0 Å². The molecule has 0 radical (unpaired) electrons. The van der Waals surface area contributed by atoms with Crippen LogP contribution < -0.4 is 5.46 Å². The number of hydrogen-bond acceptors (Lipinski definition) is 3. The van der Waals surface area contributed by atoms with Crippen LogP contribution in [0.1, 0.15) is 34.5 Å². The van der Waals surface area contributed by atoms with Gasteiger partial charge in [-0.15, -0.1) is 0 Å². The Hall–Kier alpha value is -3.34. The smallest absolute Gasteiger partial charge is 0.455 e. The van der Waals surface area contributed by atoms with Crippen LogP contribution in [0.15, 0.2) is 95.3 Å². The fourth-order valence-corrected chi connectivity index (χ4v) is 4.49. The minimum Gasteiger partial charge on any atom is -0.455 e. The van der Waals surface area contributed by atoms with Crippen molar-refractivity contribution in [3.05, 3.63) is 90.9 Å². The molecule has 0 aliphatic carbocycles. The first-order valence-corrected chi connectivity index (χ1v) is 11.4. The van der Waals surface area contributed by atoms with E-state index in [1.807, 2.05) is 88.4 Å². The van der Waals surface area contributed by atoms with E-state index in [-0.39, 0.29) is 17.6 Å². The molecule has 0 N–H and O–H groups in total. The predicted octanol–water partition coefficient (Wildman–Crippen LogP) is 7.22. The number of hydrogen-bond donors (Lipinski definition) is 0. The second kappa shape index (κ2) is 7.59. The Bertz CT molecular complexity index is 1730. The molecule has 4 aromatic carbocycles. The van der Waals surface area contributed by atoms with Gasteiger partial charge in [0, 0.05) is 16.3 Å². The van der Waals surface area contributed by atoms with E-state index in [0.717, 1.165) is 27.4 Å². The normalized spacial score (nSPS) is 19.1. The van der Waals surface area contributed by atoms with Crippen LogP contribution in [0.5, 0.6) is 0 Å². The summed E-state index contributed by atoms with van der Waals surface area (Å²) in [6, 6.07) is 17.5. The van der Waals surface area contributed by atoms with Gasteiger partial charge in [-0.05, 0) is 68.0 Å². The van der Waals surface area contributed by atoms with Crippen LogP contribution >= 0.6 is 0 Å². The average molecular weight is 451 g/mol. The fourth-order valence-electron chi connectivity index (χ4n) is 4.49. The predicted molar refractivity (Wildman–Crippen MR) is 140 cm³/mol. The van der Waals surface area contributed by atoms with Crippen LogP contribution in [0, 0.1) is 0 Å². The summed E-state index contributed by atoms with van der Waals surface area (Å²) in [4.78, 5) is 0. The van der Waals surface area contributed by atoms with E-state index >= 15 is 0 Å². The summed E-state index contributed by atoms with van der Waals surface area (Å²) in [6.07, 6.45) is 0. The van der Waals surface area contributed by atoms with Gasteiger partial charge < -0.3 is 13.7 Å². The van der Waals surface area contributed by atoms with E-state index < -0.39 is 36.4 Å². The first-order valence-electron chi connectivity index (χ1n) is 13.9. The Balaban J connectivity index is 1.71. The van der Waals surface area contributed by atoms with Gasteiger partial charge in [-0.25, -0.2) is 0 Å². The fraction of sp³-hybridized carbons (Fsp3) is 0.200. The molecule has 5 aromatic rings. The standard InChI is InChI=1S/C30H27BO3/c1-29(2)30(3,4)34-31(33-29)25-16-11-17-26-27(25)24-19-22(20-12-7-5-8-13-20)18-23(28(24)32-26)21-14-9-6-10-15-21/h5-19H,1-4H3/i6D,9D,10D,14D,15D. The monoisotopic (exact) mass is 451 g/mol. The largest absolute Gasteiger partial charge is 0.495 e. The Labute approximate surface area is 207 Å². The summed E-state index contributed by atoms with van der Waals surface area (Å²) in [5.74, 6) is 0. The van der Waals surface area contributed by atoms with Gasteiger partial charge in [-0.3, -0.25) is 0 Å². The molecule has 0 unspecified atom stereocenters. The molecule has 1 aromatic heterocycles. The molecule has 168 valence electrons. The van der Waals surface area contributed by atoms with Crippen molar-refractivity contribution in [1.29, 1.82) is 0 Å². The van der Waals surface area contributed by atoms with E-state index in [4.69, 9.17) is 20.6 Å². The zero-order chi connectivity index (χ0) is 27.9. The van der Waals surface area contributed by atoms with Crippen molar-refractivity contribution in [2.75, 3.05) is 0 Å². The van der Waals surface area contributed by atoms with E-state index in [9.17, 15) is 0 Å². The lowest BCUT2D eigenvalue weighted by Gasteiger charge is -2.32. The van der Waals surface area contributed by atoms with Crippen LogP contribution in [0.4, 0.5) is 0 Å². The number of rotatable bonds is 3. The third-order valence-corrected chi connectivity index (χ3v) is 7.01. The number of benzene rings is 4. The molecule has 3 nitrogen and oxygen atoms in total. The molecule has 1 aliphatic rings. The molecule has 0 atom stereocenters. The van der Waals surface area contributed by atoms with E-state index in [1.165, 1.54) is 0 Å². The first-order chi connectivity index (χ1) is 18.4. The Morgan fingerprint density at radius 3 is 2.15 bits per heavy atom. The lowest BCUT2D eigenvalue weighted by molar-refractivity contribution is 0.00578. The van der Waals surface area contributed by atoms with Crippen LogP contribution in [0.3, 0.4) is 0 Å². The maximum atomic E-state index is 8.67. The lowest BCUT2D eigenvalue weighted by atomic mass is 9.76. The molecule has 6 rings (SSSR count). The van der Waals surface area contributed by atoms with Crippen molar-refractivity contribution in [3.63, 3.8) is 0 Å². The molecule has 2 heterocycles. The van der Waals surface area contributed by atoms with Crippen LogP contribution in [0.25, 0.3) is 44.2 Å². The highest BCUT2D eigenvalue weighted by Gasteiger charge is 2.52. The first kappa shape index (κ1) is 16.3. The molecule has 1 aliphatic heterocycles. The maximum Gasteiger partial charge on any atom is 0.495 e. The highest BCUT2D eigenvalue weighted by Crippen LogP contribution is 2.41. The van der Waals surface area contributed by atoms with Crippen molar-refractivity contribution < 1.29 is 20.6 Å². The lowest BCUT2D eigenvalue weighted by Crippen LogP contribution is -2.41.